The molecule has 19 heavy (non-hydrogen) atoms. The molecule has 0 bridgehead atoms. The average molecular weight is 278 g/mol. The molecule has 0 spiro atoms. The Morgan fingerprint density at radius 2 is 1.42 bits per heavy atom. The van der Waals surface area contributed by atoms with E-state index in [4.69, 9.17) is 9.47 Å². The van der Waals surface area contributed by atoms with Crippen LogP contribution in [0.3, 0.4) is 0 Å². The Bertz CT molecular complexity index is 403. The molecule has 0 aliphatic carbocycles. The van der Waals surface area contributed by atoms with Crippen molar-refractivity contribution in [2.45, 2.75) is 32.5 Å². The molecule has 0 saturated heterocycles. The zero-order chi connectivity index (χ0) is 14.7. The van der Waals surface area contributed by atoms with Gasteiger partial charge in [-0.15, -0.1) is 0 Å². The molecule has 1 aromatic carbocycles. The maximum Gasteiger partial charge on any atom is 0.421 e. The molecule has 1 atom stereocenters. The lowest BCUT2D eigenvalue weighted by Crippen LogP contribution is -2.39. The van der Waals surface area contributed by atoms with Gasteiger partial charge in [-0.3, -0.25) is 0 Å². The fraction of sp³-hybridized carbons (Fsp3) is 0.538. The summed E-state index contributed by atoms with van der Waals surface area (Å²) >= 11 is 0. The zero-order valence-electron chi connectivity index (χ0n) is 11.0. The third kappa shape index (κ3) is 3.53. The van der Waals surface area contributed by atoms with Crippen LogP contribution in [-0.4, -0.2) is 24.5 Å². The molecule has 0 radical (unpaired) electrons. The maximum atomic E-state index is 12.8. The van der Waals surface area contributed by atoms with Gasteiger partial charge >= 0.3 is 6.18 Å². The molecule has 0 aliphatic heterocycles. The Hall–Kier alpha value is -1.43. The highest BCUT2D eigenvalue weighted by Gasteiger charge is 2.51. The Kier molecular flexibility index (Phi) is 4.68. The monoisotopic (exact) mass is 278 g/mol. The van der Waals surface area contributed by atoms with Gasteiger partial charge in [0, 0.05) is 6.07 Å². The molecule has 108 valence electrons. The van der Waals surface area contributed by atoms with Crippen molar-refractivity contribution in [2.75, 3.05) is 13.2 Å². The predicted octanol–water partition coefficient (Wildman–Crippen LogP) is 3.25. The Labute approximate surface area is 110 Å². The van der Waals surface area contributed by atoms with Crippen LogP contribution in [0.2, 0.25) is 0 Å². The van der Waals surface area contributed by atoms with Crippen LogP contribution in [0, 0.1) is 0 Å². The minimum Gasteiger partial charge on any atom is -0.494 e. The number of aliphatic hydroxyl groups is 1. The number of rotatable bonds is 5. The Morgan fingerprint density at radius 3 is 1.74 bits per heavy atom. The van der Waals surface area contributed by atoms with Gasteiger partial charge in [-0.1, -0.05) is 0 Å². The fourth-order valence-corrected chi connectivity index (χ4v) is 1.52. The molecule has 1 N–H and O–H groups in total. The first kappa shape index (κ1) is 15.6. The summed E-state index contributed by atoms with van der Waals surface area (Å²) in [6.07, 6.45) is -4.78. The van der Waals surface area contributed by atoms with E-state index in [1.807, 2.05) is 0 Å². The van der Waals surface area contributed by atoms with Gasteiger partial charge in [-0.25, -0.2) is 0 Å². The standard InChI is InChI=1S/C13H17F3O3/c1-4-18-10-6-9(7-11(8-10)19-5-2)12(3,17)13(14,15)16/h6-8,17H,4-5H2,1-3H3. The first-order chi connectivity index (χ1) is 8.72. The number of hydrogen-bond acceptors (Lipinski definition) is 3. The van der Waals surface area contributed by atoms with Crippen molar-refractivity contribution in [2.24, 2.45) is 0 Å². The Morgan fingerprint density at radius 1 is 1.00 bits per heavy atom. The zero-order valence-corrected chi connectivity index (χ0v) is 11.0. The molecule has 1 rings (SSSR count). The summed E-state index contributed by atoms with van der Waals surface area (Å²) in [5, 5.41) is 9.67. The molecule has 0 aromatic heterocycles. The van der Waals surface area contributed by atoms with E-state index in [-0.39, 0.29) is 17.1 Å². The van der Waals surface area contributed by atoms with Gasteiger partial charge < -0.3 is 14.6 Å². The lowest BCUT2D eigenvalue weighted by molar-refractivity contribution is -0.258. The first-order valence-corrected chi connectivity index (χ1v) is 5.92. The smallest absolute Gasteiger partial charge is 0.421 e. The van der Waals surface area contributed by atoms with Crippen LogP contribution in [0.5, 0.6) is 11.5 Å². The normalized spacial score (nSPS) is 14.9. The molecule has 0 fully saturated rings. The van der Waals surface area contributed by atoms with Crippen LogP contribution in [0.4, 0.5) is 13.2 Å². The van der Waals surface area contributed by atoms with Gasteiger partial charge in [0.05, 0.1) is 13.2 Å². The van der Waals surface area contributed by atoms with Crippen molar-refractivity contribution in [1.29, 1.82) is 0 Å². The summed E-state index contributed by atoms with van der Waals surface area (Å²) in [6.45, 7) is 4.75. The van der Waals surface area contributed by atoms with Gasteiger partial charge in [-0.05, 0) is 38.5 Å². The summed E-state index contributed by atoms with van der Waals surface area (Å²) in [4.78, 5) is 0. The van der Waals surface area contributed by atoms with Crippen LogP contribution < -0.4 is 9.47 Å². The summed E-state index contributed by atoms with van der Waals surface area (Å²) in [5.41, 5.74) is -3.26. The highest BCUT2D eigenvalue weighted by molar-refractivity contribution is 5.41. The lowest BCUT2D eigenvalue weighted by atomic mass is 9.95. The predicted molar refractivity (Wildman–Crippen MR) is 64.4 cm³/mol. The SMILES string of the molecule is CCOc1cc(OCC)cc(C(C)(O)C(F)(F)F)c1. The van der Waals surface area contributed by atoms with E-state index >= 15 is 0 Å². The summed E-state index contributed by atoms with van der Waals surface area (Å²) < 4.78 is 48.8. The molecule has 3 nitrogen and oxygen atoms in total. The van der Waals surface area contributed by atoms with Gasteiger partial charge in [0.15, 0.2) is 5.60 Å². The van der Waals surface area contributed by atoms with Gasteiger partial charge in [0.25, 0.3) is 0 Å². The van der Waals surface area contributed by atoms with E-state index in [9.17, 15) is 18.3 Å². The number of benzene rings is 1. The summed E-state index contributed by atoms with van der Waals surface area (Å²) in [7, 11) is 0. The van der Waals surface area contributed by atoms with E-state index in [2.05, 4.69) is 0 Å². The van der Waals surface area contributed by atoms with E-state index in [0.29, 0.717) is 20.1 Å². The van der Waals surface area contributed by atoms with Crippen molar-refractivity contribution < 1.29 is 27.8 Å². The second kappa shape index (κ2) is 5.69. The lowest BCUT2D eigenvalue weighted by Gasteiger charge is -2.27. The molecular formula is C13H17F3O3. The van der Waals surface area contributed by atoms with E-state index in [1.54, 1.807) is 13.8 Å². The summed E-state index contributed by atoms with van der Waals surface area (Å²) in [5.74, 6) is 0.459. The Balaban J connectivity index is 3.26. The number of alkyl halides is 3. The van der Waals surface area contributed by atoms with Gasteiger partial charge in [-0.2, -0.15) is 13.2 Å². The van der Waals surface area contributed by atoms with Crippen molar-refractivity contribution >= 4 is 0 Å². The number of hydrogen-bond donors (Lipinski definition) is 1. The minimum atomic E-state index is -4.78. The van der Waals surface area contributed by atoms with E-state index < -0.39 is 11.8 Å². The second-order valence-electron chi connectivity index (χ2n) is 4.13. The molecular weight excluding hydrogens is 261 g/mol. The van der Waals surface area contributed by atoms with E-state index in [1.165, 1.54) is 18.2 Å². The number of ether oxygens (including phenoxy) is 2. The molecule has 1 unspecified atom stereocenters. The highest BCUT2D eigenvalue weighted by atomic mass is 19.4. The third-order valence-electron chi connectivity index (χ3n) is 2.62. The molecule has 6 heteroatoms. The quantitative estimate of drug-likeness (QED) is 0.898. The molecule has 0 saturated carbocycles. The van der Waals surface area contributed by atoms with Crippen LogP contribution in [0.1, 0.15) is 26.3 Å². The molecule has 0 heterocycles. The summed E-state index contributed by atoms with van der Waals surface area (Å²) in [6, 6.07) is 3.82. The minimum absolute atomic E-state index is 0.230. The van der Waals surface area contributed by atoms with Crippen LogP contribution >= 0.6 is 0 Å². The van der Waals surface area contributed by atoms with Gasteiger partial charge in [0.2, 0.25) is 0 Å². The topological polar surface area (TPSA) is 38.7 Å². The van der Waals surface area contributed by atoms with Crippen molar-refractivity contribution in [3.8, 4) is 11.5 Å². The van der Waals surface area contributed by atoms with Gasteiger partial charge in [0.1, 0.15) is 11.5 Å². The highest BCUT2D eigenvalue weighted by Crippen LogP contribution is 2.41. The van der Waals surface area contributed by atoms with Crippen LogP contribution in [-0.2, 0) is 5.60 Å². The fourth-order valence-electron chi connectivity index (χ4n) is 1.52. The molecule has 1 aromatic rings. The molecule has 0 aliphatic rings. The molecule has 0 amide bonds. The average Bonchev–Trinajstić information content (AvgIpc) is 2.28. The van der Waals surface area contributed by atoms with Crippen molar-refractivity contribution in [3.05, 3.63) is 23.8 Å². The third-order valence-corrected chi connectivity index (χ3v) is 2.62. The maximum absolute atomic E-state index is 12.8. The van der Waals surface area contributed by atoms with Crippen molar-refractivity contribution in [3.63, 3.8) is 0 Å². The first-order valence-electron chi connectivity index (χ1n) is 5.92. The van der Waals surface area contributed by atoms with Crippen LogP contribution in [0.25, 0.3) is 0 Å². The van der Waals surface area contributed by atoms with E-state index in [0.717, 1.165) is 0 Å². The van der Waals surface area contributed by atoms with Crippen molar-refractivity contribution in [1.82, 2.24) is 0 Å². The second-order valence-corrected chi connectivity index (χ2v) is 4.13. The number of halogens is 3. The van der Waals surface area contributed by atoms with Crippen LogP contribution in [0.15, 0.2) is 18.2 Å². The largest absolute Gasteiger partial charge is 0.494 e.